The molecule has 0 N–H and O–H groups in total. The quantitative estimate of drug-likeness (QED) is 0.558. The van der Waals surface area contributed by atoms with E-state index in [0.29, 0.717) is 6.17 Å². The van der Waals surface area contributed by atoms with Crippen LogP contribution in [0.2, 0.25) is 0 Å². The Balaban J connectivity index is 5.00. The van der Waals surface area contributed by atoms with Crippen LogP contribution in [0.4, 0.5) is 0 Å². The summed E-state index contributed by atoms with van der Waals surface area (Å²) in [5.41, 5.74) is 0.540. The van der Waals surface area contributed by atoms with Gasteiger partial charge >= 0.3 is 0 Å². The lowest BCUT2D eigenvalue weighted by Gasteiger charge is -2.49. The normalized spacial score (nSPS) is 13.9. The van der Waals surface area contributed by atoms with Crippen LogP contribution in [0.25, 0.3) is 0 Å². The summed E-state index contributed by atoms with van der Waals surface area (Å²) < 4.78 is 0. The highest BCUT2D eigenvalue weighted by atomic mass is 15.4. The zero-order valence-electron chi connectivity index (χ0n) is 15.0. The molecule has 0 aromatic rings. The molecule has 0 fully saturated rings. The molecule has 0 aliphatic heterocycles. The van der Waals surface area contributed by atoms with Crippen LogP contribution in [0.1, 0.15) is 80.6 Å². The maximum absolute atomic E-state index is 2.58. The highest BCUT2D eigenvalue weighted by Gasteiger charge is 2.35. The predicted molar refractivity (Wildman–Crippen MR) is 87.6 cm³/mol. The molecule has 0 saturated carbocycles. The second-order valence-corrected chi connectivity index (χ2v) is 7.24. The zero-order chi connectivity index (χ0) is 15.3. The van der Waals surface area contributed by atoms with Crippen LogP contribution in [0, 0.1) is 0 Å². The van der Waals surface area contributed by atoms with Crippen molar-refractivity contribution < 1.29 is 0 Å². The van der Waals surface area contributed by atoms with E-state index in [9.17, 15) is 0 Å². The Morgan fingerprint density at radius 2 is 1.05 bits per heavy atom. The third-order valence-electron chi connectivity index (χ3n) is 4.89. The van der Waals surface area contributed by atoms with Crippen LogP contribution in [-0.4, -0.2) is 41.1 Å². The molecule has 0 amide bonds. The molecule has 0 rings (SSSR count). The maximum Gasteiger partial charge on any atom is 0.0623 e. The molecule has 2 nitrogen and oxygen atoms in total. The minimum atomic E-state index is 0.270. The summed E-state index contributed by atoms with van der Waals surface area (Å²) in [5.74, 6) is 0. The third kappa shape index (κ3) is 5.07. The topological polar surface area (TPSA) is 6.48 Å². The summed E-state index contributed by atoms with van der Waals surface area (Å²) in [6, 6.07) is 0. The molecule has 2 heteroatoms. The summed E-state index contributed by atoms with van der Waals surface area (Å²) >= 11 is 0. The van der Waals surface area contributed by atoms with Gasteiger partial charge in [0.1, 0.15) is 0 Å². The van der Waals surface area contributed by atoms with E-state index in [1.165, 1.54) is 32.1 Å². The Morgan fingerprint density at radius 3 is 1.26 bits per heavy atom. The van der Waals surface area contributed by atoms with Gasteiger partial charge in [-0.1, -0.05) is 33.6 Å². The molecule has 0 spiro atoms. The van der Waals surface area contributed by atoms with Crippen molar-refractivity contribution in [3.8, 4) is 0 Å². The van der Waals surface area contributed by atoms with E-state index in [-0.39, 0.29) is 11.1 Å². The Bertz CT molecular complexity index is 222. The fourth-order valence-electron chi connectivity index (χ4n) is 3.19. The number of hydrogen-bond acceptors (Lipinski definition) is 2. The molecule has 0 heterocycles. The van der Waals surface area contributed by atoms with Crippen molar-refractivity contribution in [1.29, 1.82) is 0 Å². The highest BCUT2D eigenvalue weighted by Crippen LogP contribution is 2.29. The minimum Gasteiger partial charge on any atom is -0.286 e. The molecular weight excluding hydrogens is 232 g/mol. The fraction of sp³-hybridized carbons (Fsp3) is 1.00. The van der Waals surface area contributed by atoms with Crippen LogP contribution in [0.15, 0.2) is 0 Å². The lowest BCUT2D eigenvalue weighted by atomic mass is 9.93. The average Bonchev–Trinajstić information content (AvgIpc) is 2.29. The molecular formula is C17H38N2. The second kappa shape index (κ2) is 7.64. The van der Waals surface area contributed by atoms with Gasteiger partial charge in [-0.05, 0) is 61.1 Å². The van der Waals surface area contributed by atoms with Crippen LogP contribution >= 0.6 is 0 Å². The Hall–Kier alpha value is -0.0800. The van der Waals surface area contributed by atoms with Gasteiger partial charge in [-0.15, -0.1) is 0 Å². The molecule has 0 aromatic carbocycles. The first-order chi connectivity index (χ1) is 8.64. The van der Waals surface area contributed by atoms with E-state index in [1.54, 1.807) is 0 Å². The number of hydrogen-bond donors (Lipinski definition) is 0. The van der Waals surface area contributed by atoms with Crippen LogP contribution < -0.4 is 0 Å². The molecule has 0 saturated heterocycles. The zero-order valence-corrected chi connectivity index (χ0v) is 15.0. The SMILES string of the molecule is CCCC(C)(C)N(C)C(CC)N(C)C(C)(C)CCC. The first kappa shape index (κ1) is 18.9. The van der Waals surface area contributed by atoms with Crippen molar-refractivity contribution in [3.05, 3.63) is 0 Å². The van der Waals surface area contributed by atoms with Crippen molar-refractivity contribution in [2.45, 2.75) is 97.8 Å². The lowest BCUT2D eigenvalue weighted by Crippen LogP contribution is -2.58. The molecule has 0 atom stereocenters. The van der Waals surface area contributed by atoms with Crippen molar-refractivity contribution >= 4 is 0 Å². The van der Waals surface area contributed by atoms with Gasteiger partial charge in [0.25, 0.3) is 0 Å². The van der Waals surface area contributed by atoms with E-state index >= 15 is 0 Å². The number of nitrogens with zero attached hydrogens (tertiary/aromatic N) is 2. The Kier molecular flexibility index (Phi) is 7.60. The van der Waals surface area contributed by atoms with Crippen LogP contribution in [0.5, 0.6) is 0 Å². The molecule has 19 heavy (non-hydrogen) atoms. The van der Waals surface area contributed by atoms with Gasteiger partial charge in [0.15, 0.2) is 0 Å². The van der Waals surface area contributed by atoms with E-state index in [1.807, 2.05) is 0 Å². The van der Waals surface area contributed by atoms with Gasteiger partial charge in [0.05, 0.1) is 6.17 Å². The summed E-state index contributed by atoms with van der Waals surface area (Å²) in [7, 11) is 4.59. The smallest absolute Gasteiger partial charge is 0.0623 e. The summed E-state index contributed by atoms with van der Waals surface area (Å²) in [6.45, 7) is 16.4. The number of rotatable bonds is 9. The average molecular weight is 271 g/mol. The van der Waals surface area contributed by atoms with Gasteiger partial charge in [-0.2, -0.15) is 0 Å². The second-order valence-electron chi connectivity index (χ2n) is 7.24. The molecule has 0 unspecified atom stereocenters. The Morgan fingerprint density at radius 1 is 0.737 bits per heavy atom. The van der Waals surface area contributed by atoms with Gasteiger partial charge in [0, 0.05) is 11.1 Å². The van der Waals surface area contributed by atoms with Gasteiger partial charge < -0.3 is 0 Å². The molecule has 0 radical (unpaired) electrons. The van der Waals surface area contributed by atoms with Gasteiger partial charge in [-0.25, -0.2) is 0 Å². The van der Waals surface area contributed by atoms with E-state index < -0.39 is 0 Å². The van der Waals surface area contributed by atoms with E-state index in [2.05, 4.69) is 72.4 Å². The third-order valence-corrected chi connectivity index (χ3v) is 4.89. The van der Waals surface area contributed by atoms with Gasteiger partial charge in [-0.3, -0.25) is 9.80 Å². The highest BCUT2D eigenvalue weighted by molar-refractivity contribution is 4.88. The predicted octanol–water partition coefficient (Wildman–Crippen LogP) is 4.74. The molecule has 0 aromatic heterocycles. The van der Waals surface area contributed by atoms with Crippen molar-refractivity contribution in [1.82, 2.24) is 9.80 Å². The largest absolute Gasteiger partial charge is 0.286 e. The fourth-order valence-corrected chi connectivity index (χ4v) is 3.19. The monoisotopic (exact) mass is 270 g/mol. The molecule has 0 aliphatic rings. The van der Waals surface area contributed by atoms with E-state index in [0.717, 1.165) is 0 Å². The van der Waals surface area contributed by atoms with Crippen LogP contribution in [0.3, 0.4) is 0 Å². The molecule has 0 bridgehead atoms. The van der Waals surface area contributed by atoms with Crippen molar-refractivity contribution in [3.63, 3.8) is 0 Å². The van der Waals surface area contributed by atoms with Crippen molar-refractivity contribution in [2.75, 3.05) is 14.1 Å². The molecule has 116 valence electrons. The Labute approximate surface area is 122 Å². The first-order valence-corrected chi connectivity index (χ1v) is 8.09. The molecule has 0 aliphatic carbocycles. The van der Waals surface area contributed by atoms with E-state index in [4.69, 9.17) is 0 Å². The standard InChI is InChI=1S/C17H38N2/c1-10-13-16(4,5)18(8)15(12-3)19(9)17(6,7)14-11-2/h15H,10-14H2,1-9H3. The minimum absolute atomic E-state index is 0.270. The summed E-state index contributed by atoms with van der Waals surface area (Å²) in [6.07, 6.45) is 6.69. The first-order valence-electron chi connectivity index (χ1n) is 8.09. The summed E-state index contributed by atoms with van der Waals surface area (Å²) in [4.78, 5) is 5.15. The van der Waals surface area contributed by atoms with Gasteiger partial charge in [0.2, 0.25) is 0 Å². The lowest BCUT2D eigenvalue weighted by molar-refractivity contribution is -0.0436. The van der Waals surface area contributed by atoms with Crippen LogP contribution in [-0.2, 0) is 0 Å². The maximum atomic E-state index is 2.58. The van der Waals surface area contributed by atoms with Crippen molar-refractivity contribution in [2.24, 2.45) is 0 Å². The summed E-state index contributed by atoms with van der Waals surface area (Å²) in [5, 5.41) is 0.